The third kappa shape index (κ3) is 8.76. The van der Waals surface area contributed by atoms with E-state index in [9.17, 15) is 4.79 Å². The van der Waals surface area contributed by atoms with Gasteiger partial charge in [0.05, 0.1) is 0 Å². The number of ketones is 1. The highest BCUT2D eigenvalue weighted by Crippen LogP contribution is 2.26. The number of Topliss-reactive ketones (excluding diaryl/α,β-unsaturated/α-hetero) is 1. The predicted molar refractivity (Wildman–Crippen MR) is 90.1 cm³/mol. The number of carbonyl (C=O) groups excluding carboxylic acids is 1. The van der Waals surface area contributed by atoms with Gasteiger partial charge in [-0.15, -0.1) is 0 Å². The SMILES string of the molecule is CCCCC(CCCC)C(=O)C(CCCC)CCCC. The van der Waals surface area contributed by atoms with Crippen LogP contribution < -0.4 is 0 Å². The predicted octanol–water partition coefficient (Wildman–Crippen LogP) is 6.55. The van der Waals surface area contributed by atoms with Gasteiger partial charge in [0.25, 0.3) is 0 Å². The smallest absolute Gasteiger partial charge is 0.139 e. The van der Waals surface area contributed by atoms with Crippen molar-refractivity contribution in [1.29, 1.82) is 0 Å². The van der Waals surface area contributed by atoms with Gasteiger partial charge >= 0.3 is 0 Å². The number of hydrogen-bond donors (Lipinski definition) is 0. The molecule has 120 valence electrons. The Balaban J connectivity index is 4.54. The molecule has 0 saturated carbocycles. The van der Waals surface area contributed by atoms with Crippen LogP contribution in [0.5, 0.6) is 0 Å². The van der Waals surface area contributed by atoms with Crippen LogP contribution in [0.1, 0.15) is 105 Å². The molecule has 0 aromatic rings. The van der Waals surface area contributed by atoms with Crippen molar-refractivity contribution in [3.05, 3.63) is 0 Å². The Morgan fingerprint density at radius 1 is 0.600 bits per heavy atom. The zero-order valence-electron chi connectivity index (χ0n) is 14.5. The van der Waals surface area contributed by atoms with Crippen LogP contribution in [-0.2, 0) is 4.79 Å². The van der Waals surface area contributed by atoms with Gasteiger partial charge in [0.1, 0.15) is 5.78 Å². The zero-order chi connectivity index (χ0) is 15.2. The highest BCUT2D eigenvalue weighted by atomic mass is 16.1. The van der Waals surface area contributed by atoms with E-state index in [-0.39, 0.29) is 0 Å². The van der Waals surface area contributed by atoms with Gasteiger partial charge < -0.3 is 0 Å². The summed E-state index contributed by atoms with van der Waals surface area (Å²) in [6.07, 6.45) is 14.2. The first-order chi connectivity index (χ1) is 9.71. The molecule has 0 aliphatic rings. The van der Waals surface area contributed by atoms with Gasteiger partial charge in [0.2, 0.25) is 0 Å². The summed E-state index contributed by atoms with van der Waals surface area (Å²) < 4.78 is 0. The van der Waals surface area contributed by atoms with Crippen molar-refractivity contribution in [2.24, 2.45) is 11.8 Å². The first-order valence-corrected chi connectivity index (χ1v) is 9.24. The molecule has 0 aliphatic heterocycles. The van der Waals surface area contributed by atoms with Gasteiger partial charge in [-0.25, -0.2) is 0 Å². The van der Waals surface area contributed by atoms with Crippen LogP contribution in [0, 0.1) is 11.8 Å². The van der Waals surface area contributed by atoms with Crippen LogP contribution in [0.4, 0.5) is 0 Å². The molecular formula is C19H38O. The number of unbranched alkanes of at least 4 members (excludes halogenated alkanes) is 4. The molecule has 0 bridgehead atoms. The van der Waals surface area contributed by atoms with E-state index in [4.69, 9.17) is 0 Å². The summed E-state index contributed by atoms with van der Waals surface area (Å²) in [6.45, 7) is 8.92. The molecular weight excluding hydrogens is 244 g/mol. The molecule has 0 saturated heterocycles. The molecule has 0 radical (unpaired) electrons. The molecule has 0 spiro atoms. The van der Waals surface area contributed by atoms with Crippen molar-refractivity contribution in [3.63, 3.8) is 0 Å². The number of rotatable bonds is 14. The minimum atomic E-state index is 0.355. The average Bonchev–Trinajstić information content (AvgIpc) is 2.47. The van der Waals surface area contributed by atoms with E-state index in [1.807, 2.05) is 0 Å². The second-order valence-electron chi connectivity index (χ2n) is 6.37. The minimum Gasteiger partial charge on any atom is -0.299 e. The summed E-state index contributed by atoms with van der Waals surface area (Å²) in [5, 5.41) is 0. The van der Waals surface area contributed by atoms with Gasteiger partial charge in [0, 0.05) is 11.8 Å². The van der Waals surface area contributed by atoms with E-state index in [2.05, 4.69) is 27.7 Å². The quantitative estimate of drug-likeness (QED) is 0.353. The summed E-state index contributed by atoms with van der Waals surface area (Å²) >= 11 is 0. The maximum Gasteiger partial charge on any atom is 0.139 e. The molecule has 0 heterocycles. The Morgan fingerprint density at radius 2 is 0.850 bits per heavy atom. The molecule has 0 amide bonds. The number of carbonyl (C=O) groups is 1. The highest BCUT2D eigenvalue weighted by Gasteiger charge is 2.25. The molecule has 0 aromatic carbocycles. The molecule has 0 atom stereocenters. The third-order valence-electron chi connectivity index (χ3n) is 4.43. The summed E-state index contributed by atoms with van der Waals surface area (Å²) in [4.78, 5) is 12.9. The molecule has 20 heavy (non-hydrogen) atoms. The number of hydrogen-bond acceptors (Lipinski definition) is 1. The van der Waals surface area contributed by atoms with Crippen molar-refractivity contribution in [3.8, 4) is 0 Å². The second-order valence-corrected chi connectivity index (χ2v) is 6.37. The van der Waals surface area contributed by atoms with Gasteiger partial charge in [-0.05, 0) is 25.7 Å². The molecule has 1 heteroatoms. The lowest BCUT2D eigenvalue weighted by atomic mass is 9.81. The molecule has 0 fully saturated rings. The second kappa shape index (κ2) is 13.6. The first-order valence-electron chi connectivity index (χ1n) is 9.24. The lowest BCUT2D eigenvalue weighted by Gasteiger charge is -2.22. The van der Waals surface area contributed by atoms with Gasteiger partial charge in [-0.1, -0.05) is 79.1 Å². The molecule has 0 rings (SSSR count). The fourth-order valence-corrected chi connectivity index (χ4v) is 2.99. The van der Waals surface area contributed by atoms with Gasteiger partial charge in [-0.2, -0.15) is 0 Å². The lowest BCUT2D eigenvalue weighted by Crippen LogP contribution is -2.24. The van der Waals surface area contributed by atoms with Crippen molar-refractivity contribution in [2.45, 2.75) is 105 Å². The molecule has 0 N–H and O–H groups in total. The Morgan fingerprint density at radius 3 is 1.05 bits per heavy atom. The van der Waals surface area contributed by atoms with E-state index < -0.39 is 0 Å². The molecule has 1 nitrogen and oxygen atoms in total. The normalized spacial score (nSPS) is 11.5. The molecule has 0 aromatic heterocycles. The van der Waals surface area contributed by atoms with Crippen molar-refractivity contribution < 1.29 is 4.79 Å². The van der Waals surface area contributed by atoms with Crippen molar-refractivity contribution in [2.75, 3.05) is 0 Å². The van der Waals surface area contributed by atoms with E-state index in [0.717, 1.165) is 25.7 Å². The Bertz CT molecular complexity index is 184. The van der Waals surface area contributed by atoms with Crippen molar-refractivity contribution in [1.82, 2.24) is 0 Å². The minimum absolute atomic E-state index is 0.355. The molecule has 0 aliphatic carbocycles. The Labute approximate surface area is 127 Å². The van der Waals surface area contributed by atoms with Gasteiger partial charge in [0.15, 0.2) is 0 Å². The Hall–Kier alpha value is -0.330. The van der Waals surface area contributed by atoms with Gasteiger partial charge in [-0.3, -0.25) is 4.79 Å². The van der Waals surface area contributed by atoms with E-state index in [1.54, 1.807) is 0 Å². The van der Waals surface area contributed by atoms with Crippen LogP contribution in [0.15, 0.2) is 0 Å². The van der Waals surface area contributed by atoms with E-state index in [0.29, 0.717) is 17.6 Å². The average molecular weight is 283 g/mol. The zero-order valence-corrected chi connectivity index (χ0v) is 14.5. The monoisotopic (exact) mass is 282 g/mol. The van der Waals surface area contributed by atoms with Crippen LogP contribution in [0.25, 0.3) is 0 Å². The first kappa shape index (κ1) is 19.7. The van der Waals surface area contributed by atoms with Crippen molar-refractivity contribution >= 4 is 5.78 Å². The Kier molecular flexibility index (Phi) is 13.4. The fraction of sp³-hybridized carbons (Fsp3) is 0.947. The topological polar surface area (TPSA) is 17.1 Å². The van der Waals surface area contributed by atoms with Crippen LogP contribution in [-0.4, -0.2) is 5.78 Å². The summed E-state index contributed by atoms with van der Waals surface area (Å²) in [5.41, 5.74) is 0. The summed E-state index contributed by atoms with van der Waals surface area (Å²) in [6, 6.07) is 0. The highest BCUT2D eigenvalue weighted by molar-refractivity contribution is 5.83. The fourth-order valence-electron chi connectivity index (χ4n) is 2.99. The van der Waals surface area contributed by atoms with E-state index in [1.165, 1.54) is 51.4 Å². The molecule has 0 unspecified atom stereocenters. The van der Waals surface area contributed by atoms with Crippen LogP contribution in [0.3, 0.4) is 0 Å². The summed E-state index contributed by atoms with van der Waals surface area (Å²) in [5.74, 6) is 1.32. The maximum atomic E-state index is 12.9. The summed E-state index contributed by atoms with van der Waals surface area (Å²) in [7, 11) is 0. The van der Waals surface area contributed by atoms with Crippen LogP contribution >= 0.6 is 0 Å². The largest absolute Gasteiger partial charge is 0.299 e. The lowest BCUT2D eigenvalue weighted by molar-refractivity contribution is -0.127. The third-order valence-corrected chi connectivity index (χ3v) is 4.43. The van der Waals surface area contributed by atoms with Crippen LogP contribution in [0.2, 0.25) is 0 Å². The standard InChI is InChI=1S/C19H38O/c1-5-9-13-17(14-10-6-2)19(20)18(15-11-7-3)16-12-8-4/h17-18H,5-16H2,1-4H3. The maximum absolute atomic E-state index is 12.9. The van der Waals surface area contributed by atoms with E-state index >= 15 is 0 Å².